The molecule has 2 nitrogen and oxygen atoms in total. The van der Waals surface area contributed by atoms with E-state index in [9.17, 15) is 13.6 Å². The molecule has 4 heteroatoms. The smallest absolute Gasteiger partial charge is 0.187 e. The molecule has 0 unspecified atom stereocenters. The van der Waals surface area contributed by atoms with Crippen molar-refractivity contribution in [3.63, 3.8) is 0 Å². The summed E-state index contributed by atoms with van der Waals surface area (Å²) >= 11 is 0. The molecule has 0 amide bonds. The Kier molecular flexibility index (Phi) is 3.71. The van der Waals surface area contributed by atoms with Crippen LogP contribution in [0.1, 0.15) is 15.9 Å². The second kappa shape index (κ2) is 5.44. The SMILES string of the molecule is Nc1ccccc1C(=O)/C=C/c1cc(F)cc(F)c1. The number of ketones is 1. The van der Waals surface area contributed by atoms with Crippen molar-refractivity contribution in [3.05, 3.63) is 71.3 Å². The highest BCUT2D eigenvalue weighted by Crippen LogP contribution is 2.14. The summed E-state index contributed by atoms with van der Waals surface area (Å²) < 4.78 is 25.9. The predicted molar refractivity (Wildman–Crippen MR) is 70.6 cm³/mol. The Morgan fingerprint density at radius 3 is 2.32 bits per heavy atom. The first kappa shape index (κ1) is 13.0. The standard InChI is InChI=1S/C15H11F2NO/c16-11-7-10(8-12(17)9-11)5-6-15(19)13-3-1-2-4-14(13)18/h1-9H,18H2/b6-5+. The fraction of sp³-hybridized carbons (Fsp3) is 0. The Hall–Kier alpha value is -2.49. The maximum absolute atomic E-state index is 13.0. The average Bonchev–Trinajstić information content (AvgIpc) is 2.35. The van der Waals surface area contributed by atoms with E-state index in [1.807, 2.05) is 0 Å². The molecule has 2 rings (SSSR count). The maximum atomic E-state index is 13.0. The zero-order chi connectivity index (χ0) is 13.8. The number of anilines is 1. The van der Waals surface area contributed by atoms with E-state index in [1.165, 1.54) is 12.2 Å². The second-order valence-corrected chi connectivity index (χ2v) is 3.99. The van der Waals surface area contributed by atoms with Crippen molar-refractivity contribution in [2.75, 3.05) is 5.73 Å². The topological polar surface area (TPSA) is 43.1 Å². The van der Waals surface area contributed by atoms with E-state index in [0.29, 0.717) is 11.3 Å². The third-order valence-electron chi connectivity index (χ3n) is 2.54. The molecule has 2 N–H and O–H groups in total. The van der Waals surface area contributed by atoms with Gasteiger partial charge in [-0.2, -0.15) is 0 Å². The molecule has 96 valence electrons. The van der Waals surface area contributed by atoms with Crippen molar-refractivity contribution in [1.29, 1.82) is 0 Å². The van der Waals surface area contributed by atoms with Crippen LogP contribution in [0.4, 0.5) is 14.5 Å². The lowest BCUT2D eigenvalue weighted by Crippen LogP contribution is -1.99. The van der Waals surface area contributed by atoms with Gasteiger partial charge in [-0.25, -0.2) is 8.78 Å². The van der Waals surface area contributed by atoms with Crippen LogP contribution < -0.4 is 5.73 Å². The van der Waals surface area contributed by atoms with E-state index < -0.39 is 11.6 Å². The minimum absolute atomic E-state index is 0.278. The van der Waals surface area contributed by atoms with Crippen LogP contribution in [0.5, 0.6) is 0 Å². The van der Waals surface area contributed by atoms with Crippen LogP contribution in [0, 0.1) is 11.6 Å². The van der Waals surface area contributed by atoms with Crippen molar-refractivity contribution >= 4 is 17.5 Å². The third kappa shape index (κ3) is 3.25. The van der Waals surface area contributed by atoms with Gasteiger partial charge in [0.15, 0.2) is 5.78 Å². The molecule has 2 aromatic carbocycles. The molecule has 2 aromatic rings. The number of benzene rings is 2. The number of hydrogen-bond acceptors (Lipinski definition) is 2. The van der Waals surface area contributed by atoms with Crippen LogP contribution in [0.25, 0.3) is 6.08 Å². The molecule has 0 radical (unpaired) electrons. The van der Waals surface area contributed by atoms with Gasteiger partial charge in [0.1, 0.15) is 11.6 Å². The molecule has 0 fully saturated rings. The van der Waals surface area contributed by atoms with Crippen LogP contribution in [0.3, 0.4) is 0 Å². The van der Waals surface area contributed by atoms with Crippen LogP contribution in [-0.4, -0.2) is 5.78 Å². The van der Waals surface area contributed by atoms with E-state index in [1.54, 1.807) is 24.3 Å². The maximum Gasteiger partial charge on any atom is 0.187 e. The van der Waals surface area contributed by atoms with Crippen molar-refractivity contribution in [3.8, 4) is 0 Å². The molecule has 19 heavy (non-hydrogen) atoms. The molecule has 0 aliphatic heterocycles. The van der Waals surface area contributed by atoms with Crippen molar-refractivity contribution in [1.82, 2.24) is 0 Å². The van der Waals surface area contributed by atoms with Crippen LogP contribution in [0.2, 0.25) is 0 Å². The summed E-state index contributed by atoms with van der Waals surface area (Å²) in [4.78, 5) is 11.9. The van der Waals surface area contributed by atoms with Gasteiger partial charge in [0.25, 0.3) is 0 Å². The lowest BCUT2D eigenvalue weighted by Gasteiger charge is -2.00. The van der Waals surface area contributed by atoms with Gasteiger partial charge < -0.3 is 5.73 Å². The molecule has 0 spiro atoms. The van der Waals surface area contributed by atoms with E-state index in [-0.39, 0.29) is 11.3 Å². The summed E-state index contributed by atoms with van der Waals surface area (Å²) in [5.74, 6) is -1.69. The zero-order valence-corrected chi connectivity index (χ0v) is 9.94. The summed E-state index contributed by atoms with van der Waals surface area (Å²) in [6, 6.07) is 9.67. The Morgan fingerprint density at radius 1 is 1.05 bits per heavy atom. The Labute approximate surface area is 109 Å². The van der Waals surface area contributed by atoms with Gasteiger partial charge in [0.2, 0.25) is 0 Å². The van der Waals surface area contributed by atoms with E-state index in [2.05, 4.69) is 0 Å². The number of hydrogen-bond donors (Lipinski definition) is 1. The number of nitrogens with two attached hydrogens (primary N) is 1. The fourth-order valence-electron chi connectivity index (χ4n) is 1.65. The van der Waals surface area contributed by atoms with Crippen molar-refractivity contribution in [2.45, 2.75) is 0 Å². The molecule has 0 saturated heterocycles. The number of nitrogen functional groups attached to an aromatic ring is 1. The Balaban J connectivity index is 2.23. The van der Waals surface area contributed by atoms with Gasteiger partial charge in [-0.3, -0.25) is 4.79 Å². The summed E-state index contributed by atoms with van der Waals surface area (Å²) in [6.07, 6.45) is 2.58. The van der Waals surface area contributed by atoms with E-state index >= 15 is 0 Å². The molecular weight excluding hydrogens is 248 g/mol. The number of allylic oxidation sites excluding steroid dienone is 1. The lowest BCUT2D eigenvalue weighted by atomic mass is 10.1. The lowest BCUT2D eigenvalue weighted by molar-refractivity contribution is 0.104. The van der Waals surface area contributed by atoms with Gasteiger partial charge in [-0.15, -0.1) is 0 Å². The minimum atomic E-state index is -0.689. The number of carbonyl (C=O) groups excluding carboxylic acids is 1. The Bertz CT molecular complexity index is 630. The van der Waals surface area contributed by atoms with Gasteiger partial charge in [-0.05, 0) is 35.9 Å². The molecule has 0 aliphatic carbocycles. The minimum Gasteiger partial charge on any atom is -0.398 e. The molecule has 0 aliphatic rings. The molecule has 0 aromatic heterocycles. The van der Waals surface area contributed by atoms with Crippen LogP contribution in [-0.2, 0) is 0 Å². The summed E-state index contributed by atoms with van der Waals surface area (Å²) in [5, 5.41) is 0. The first-order chi connectivity index (χ1) is 9.06. The van der Waals surface area contributed by atoms with Gasteiger partial charge in [-0.1, -0.05) is 18.2 Å². The van der Waals surface area contributed by atoms with Gasteiger partial charge in [0, 0.05) is 17.3 Å². The van der Waals surface area contributed by atoms with E-state index in [0.717, 1.165) is 18.2 Å². The molecule has 0 heterocycles. The van der Waals surface area contributed by atoms with Crippen LogP contribution >= 0.6 is 0 Å². The quantitative estimate of drug-likeness (QED) is 0.521. The normalized spacial score (nSPS) is 10.8. The zero-order valence-electron chi connectivity index (χ0n) is 9.94. The van der Waals surface area contributed by atoms with Crippen molar-refractivity contribution < 1.29 is 13.6 Å². The highest BCUT2D eigenvalue weighted by Gasteiger charge is 2.05. The number of para-hydroxylation sites is 1. The van der Waals surface area contributed by atoms with Gasteiger partial charge in [0.05, 0.1) is 0 Å². The third-order valence-corrected chi connectivity index (χ3v) is 2.54. The molecular formula is C15H11F2NO. The van der Waals surface area contributed by atoms with Gasteiger partial charge >= 0.3 is 0 Å². The summed E-state index contributed by atoms with van der Waals surface area (Å²) in [6.45, 7) is 0. The van der Waals surface area contributed by atoms with E-state index in [4.69, 9.17) is 5.73 Å². The first-order valence-corrected chi connectivity index (χ1v) is 5.59. The number of rotatable bonds is 3. The average molecular weight is 259 g/mol. The number of halogens is 2. The summed E-state index contributed by atoms with van der Waals surface area (Å²) in [5.41, 5.74) is 6.66. The summed E-state index contributed by atoms with van der Waals surface area (Å²) in [7, 11) is 0. The van der Waals surface area contributed by atoms with Crippen LogP contribution in [0.15, 0.2) is 48.5 Å². The first-order valence-electron chi connectivity index (χ1n) is 5.59. The highest BCUT2D eigenvalue weighted by molar-refractivity contribution is 6.10. The molecule has 0 saturated carbocycles. The Morgan fingerprint density at radius 2 is 1.68 bits per heavy atom. The molecule has 0 bridgehead atoms. The highest BCUT2D eigenvalue weighted by atomic mass is 19.1. The fourth-order valence-corrected chi connectivity index (χ4v) is 1.65. The van der Waals surface area contributed by atoms with Crippen molar-refractivity contribution in [2.24, 2.45) is 0 Å². The molecule has 0 atom stereocenters. The predicted octanol–water partition coefficient (Wildman–Crippen LogP) is 3.44. The second-order valence-electron chi connectivity index (χ2n) is 3.99. The monoisotopic (exact) mass is 259 g/mol. The largest absolute Gasteiger partial charge is 0.398 e. The number of carbonyl (C=O) groups is 1.